The largest absolute Gasteiger partial charge is 0.497 e. The predicted octanol–water partition coefficient (Wildman–Crippen LogP) is 3.13. The summed E-state index contributed by atoms with van der Waals surface area (Å²) < 4.78 is 16.1. The molecule has 1 atom stereocenters. The molecular formula is C16H21NO3. The van der Waals surface area contributed by atoms with Crippen LogP contribution in [0, 0.1) is 0 Å². The summed E-state index contributed by atoms with van der Waals surface area (Å²) in [5.74, 6) is 2.58. The van der Waals surface area contributed by atoms with Gasteiger partial charge in [0.15, 0.2) is 0 Å². The van der Waals surface area contributed by atoms with Gasteiger partial charge in [-0.15, -0.1) is 0 Å². The minimum absolute atomic E-state index is 0.0384. The van der Waals surface area contributed by atoms with E-state index in [2.05, 4.69) is 12.2 Å². The van der Waals surface area contributed by atoms with E-state index < -0.39 is 0 Å². The summed E-state index contributed by atoms with van der Waals surface area (Å²) in [5.41, 5.74) is 1.14. The second-order valence-corrected chi connectivity index (χ2v) is 4.50. The third-order valence-corrected chi connectivity index (χ3v) is 3.11. The van der Waals surface area contributed by atoms with Crippen molar-refractivity contribution in [3.05, 3.63) is 53.5 Å². The van der Waals surface area contributed by atoms with Crippen LogP contribution in [0.15, 0.2) is 40.8 Å². The van der Waals surface area contributed by atoms with Crippen molar-refractivity contribution >= 4 is 0 Å². The summed E-state index contributed by atoms with van der Waals surface area (Å²) in [7, 11) is 3.33. The van der Waals surface area contributed by atoms with Crippen molar-refractivity contribution in [3.8, 4) is 5.75 Å². The third-order valence-electron chi connectivity index (χ3n) is 3.11. The highest BCUT2D eigenvalue weighted by Crippen LogP contribution is 2.26. The Morgan fingerprint density at radius 3 is 2.45 bits per heavy atom. The Hall–Kier alpha value is -1.78. The van der Waals surface area contributed by atoms with Gasteiger partial charge in [0.05, 0.1) is 13.2 Å². The molecule has 0 radical (unpaired) electrons. The number of benzene rings is 1. The molecule has 20 heavy (non-hydrogen) atoms. The lowest BCUT2D eigenvalue weighted by Crippen LogP contribution is -2.21. The molecule has 1 aromatic carbocycles. The Bertz CT molecular complexity index is 519. The Morgan fingerprint density at radius 2 is 1.85 bits per heavy atom. The highest BCUT2D eigenvalue weighted by Gasteiger charge is 2.17. The first-order chi connectivity index (χ1) is 9.78. The van der Waals surface area contributed by atoms with Gasteiger partial charge >= 0.3 is 0 Å². The molecule has 1 N–H and O–H groups in total. The van der Waals surface area contributed by atoms with Crippen LogP contribution in [0.2, 0.25) is 0 Å². The maximum absolute atomic E-state index is 5.83. The maximum Gasteiger partial charge on any atom is 0.129 e. The minimum Gasteiger partial charge on any atom is -0.497 e. The fourth-order valence-corrected chi connectivity index (χ4v) is 2.15. The summed E-state index contributed by atoms with van der Waals surface area (Å²) >= 11 is 0. The molecule has 4 heteroatoms. The van der Waals surface area contributed by atoms with E-state index in [1.807, 2.05) is 36.4 Å². The lowest BCUT2D eigenvalue weighted by molar-refractivity contribution is 0.162. The van der Waals surface area contributed by atoms with Crippen molar-refractivity contribution < 1.29 is 13.9 Å². The standard InChI is InChI=1S/C16H21NO3/c1-4-17-16(12-5-7-13(19-3)8-6-12)15-10-9-14(20-15)11-18-2/h5-10,16-17H,4,11H2,1-3H3. The first kappa shape index (κ1) is 14.6. The number of hydrogen-bond donors (Lipinski definition) is 1. The fourth-order valence-electron chi connectivity index (χ4n) is 2.15. The van der Waals surface area contributed by atoms with Crippen LogP contribution in [0.3, 0.4) is 0 Å². The van der Waals surface area contributed by atoms with Crippen LogP contribution >= 0.6 is 0 Å². The number of hydrogen-bond acceptors (Lipinski definition) is 4. The van der Waals surface area contributed by atoms with Crippen LogP contribution < -0.4 is 10.1 Å². The van der Waals surface area contributed by atoms with E-state index in [0.29, 0.717) is 6.61 Å². The molecule has 0 saturated carbocycles. The molecule has 0 bridgehead atoms. The number of furan rings is 1. The van der Waals surface area contributed by atoms with E-state index in [-0.39, 0.29) is 6.04 Å². The van der Waals surface area contributed by atoms with Crippen LogP contribution in [0.25, 0.3) is 0 Å². The molecule has 0 spiro atoms. The average molecular weight is 275 g/mol. The fraction of sp³-hybridized carbons (Fsp3) is 0.375. The Balaban J connectivity index is 2.23. The quantitative estimate of drug-likeness (QED) is 0.843. The van der Waals surface area contributed by atoms with Crippen LogP contribution in [0.1, 0.15) is 30.0 Å². The average Bonchev–Trinajstić information content (AvgIpc) is 2.94. The minimum atomic E-state index is 0.0384. The van der Waals surface area contributed by atoms with Crippen LogP contribution in [0.5, 0.6) is 5.75 Å². The zero-order chi connectivity index (χ0) is 14.4. The molecule has 0 aliphatic carbocycles. The molecule has 0 amide bonds. The molecule has 0 aliphatic rings. The summed E-state index contributed by atoms with van der Waals surface area (Å²) in [5, 5.41) is 3.43. The molecule has 1 aromatic heterocycles. The van der Waals surface area contributed by atoms with Gasteiger partial charge in [0.2, 0.25) is 0 Å². The van der Waals surface area contributed by atoms with Crippen LogP contribution in [-0.4, -0.2) is 20.8 Å². The van der Waals surface area contributed by atoms with Gasteiger partial charge in [0, 0.05) is 7.11 Å². The second-order valence-electron chi connectivity index (χ2n) is 4.50. The predicted molar refractivity (Wildman–Crippen MR) is 77.9 cm³/mol. The summed E-state index contributed by atoms with van der Waals surface area (Å²) in [4.78, 5) is 0. The first-order valence-corrected chi connectivity index (χ1v) is 6.73. The highest BCUT2D eigenvalue weighted by molar-refractivity contribution is 5.33. The van der Waals surface area contributed by atoms with Gasteiger partial charge in [-0.2, -0.15) is 0 Å². The summed E-state index contributed by atoms with van der Waals surface area (Å²) in [6, 6.07) is 12.0. The van der Waals surface area contributed by atoms with Gasteiger partial charge in [-0.3, -0.25) is 0 Å². The molecular weight excluding hydrogens is 254 g/mol. The molecule has 0 fully saturated rings. The summed E-state index contributed by atoms with van der Waals surface area (Å²) in [6.07, 6.45) is 0. The molecule has 1 unspecified atom stereocenters. The number of nitrogens with one attached hydrogen (secondary N) is 1. The first-order valence-electron chi connectivity index (χ1n) is 6.73. The highest BCUT2D eigenvalue weighted by atomic mass is 16.5. The Morgan fingerprint density at radius 1 is 1.10 bits per heavy atom. The van der Waals surface area contributed by atoms with E-state index >= 15 is 0 Å². The number of ether oxygens (including phenoxy) is 2. The van der Waals surface area contributed by atoms with E-state index in [0.717, 1.165) is 29.4 Å². The molecule has 0 aliphatic heterocycles. The second kappa shape index (κ2) is 7.12. The molecule has 0 saturated heterocycles. The zero-order valence-corrected chi connectivity index (χ0v) is 12.2. The van der Waals surface area contributed by atoms with Gasteiger partial charge < -0.3 is 19.2 Å². The summed E-state index contributed by atoms with van der Waals surface area (Å²) in [6.45, 7) is 3.42. The maximum atomic E-state index is 5.83. The van der Waals surface area contributed by atoms with Gasteiger partial charge in [-0.05, 0) is 36.4 Å². The Kier molecular flexibility index (Phi) is 5.21. The van der Waals surface area contributed by atoms with Crippen molar-refractivity contribution in [2.45, 2.75) is 19.6 Å². The molecule has 2 aromatic rings. The van der Waals surface area contributed by atoms with E-state index in [9.17, 15) is 0 Å². The monoisotopic (exact) mass is 275 g/mol. The van der Waals surface area contributed by atoms with Gasteiger partial charge in [-0.1, -0.05) is 19.1 Å². The van der Waals surface area contributed by atoms with Crippen molar-refractivity contribution in [1.29, 1.82) is 0 Å². The van der Waals surface area contributed by atoms with Crippen molar-refractivity contribution in [1.82, 2.24) is 5.32 Å². The van der Waals surface area contributed by atoms with Crippen molar-refractivity contribution in [2.24, 2.45) is 0 Å². The topological polar surface area (TPSA) is 43.6 Å². The zero-order valence-electron chi connectivity index (χ0n) is 12.2. The van der Waals surface area contributed by atoms with Gasteiger partial charge in [-0.25, -0.2) is 0 Å². The molecule has 1 heterocycles. The van der Waals surface area contributed by atoms with E-state index in [4.69, 9.17) is 13.9 Å². The van der Waals surface area contributed by atoms with Crippen LogP contribution in [-0.2, 0) is 11.3 Å². The molecule has 4 nitrogen and oxygen atoms in total. The number of rotatable bonds is 7. The van der Waals surface area contributed by atoms with Crippen molar-refractivity contribution in [3.63, 3.8) is 0 Å². The molecule has 108 valence electrons. The Labute approximate surface area is 119 Å². The van der Waals surface area contributed by atoms with Gasteiger partial charge in [0.1, 0.15) is 23.9 Å². The number of methoxy groups -OCH3 is 2. The van der Waals surface area contributed by atoms with E-state index in [1.165, 1.54) is 0 Å². The van der Waals surface area contributed by atoms with Gasteiger partial charge in [0.25, 0.3) is 0 Å². The molecule has 2 rings (SSSR count). The SMILES string of the molecule is CCNC(c1ccc(OC)cc1)c1ccc(COC)o1. The lowest BCUT2D eigenvalue weighted by atomic mass is 10.0. The normalized spacial score (nSPS) is 12.3. The smallest absolute Gasteiger partial charge is 0.129 e. The third kappa shape index (κ3) is 3.40. The van der Waals surface area contributed by atoms with Crippen molar-refractivity contribution in [2.75, 3.05) is 20.8 Å². The lowest BCUT2D eigenvalue weighted by Gasteiger charge is -2.16. The van der Waals surface area contributed by atoms with E-state index in [1.54, 1.807) is 14.2 Å². The van der Waals surface area contributed by atoms with Crippen LogP contribution in [0.4, 0.5) is 0 Å².